The van der Waals surface area contributed by atoms with Crippen molar-refractivity contribution in [3.05, 3.63) is 30.1 Å². The SMILES string of the molecule is CCC(N)C(c1ccccn1)N1CCCC(C)(C)CC1. The summed E-state index contributed by atoms with van der Waals surface area (Å²) in [5.74, 6) is 0. The number of hydrogen-bond acceptors (Lipinski definition) is 3. The van der Waals surface area contributed by atoms with E-state index in [0.29, 0.717) is 5.41 Å². The molecule has 0 radical (unpaired) electrons. The molecule has 0 amide bonds. The molecule has 2 unspecified atom stereocenters. The standard InChI is InChI=1S/C17H29N3/c1-4-14(18)16(15-8-5-6-11-19-15)20-12-7-9-17(2,3)10-13-20/h5-6,8,11,14,16H,4,7,9-10,12-13,18H2,1-3H3. The van der Waals surface area contributed by atoms with E-state index in [0.717, 1.165) is 25.2 Å². The second-order valence-corrected chi connectivity index (χ2v) is 6.83. The third kappa shape index (κ3) is 3.80. The smallest absolute Gasteiger partial charge is 0.0673 e. The molecule has 20 heavy (non-hydrogen) atoms. The van der Waals surface area contributed by atoms with E-state index >= 15 is 0 Å². The zero-order valence-electron chi connectivity index (χ0n) is 13.2. The van der Waals surface area contributed by atoms with Gasteiger partial charge in [0.1, 0.15) is 0 Å². The molecule has 1 aliphatic rings. The molecule has 3 nitrogen and oxygen atoms in total. The zero-order chi connectivity index (χ0) is 14.6. The summed E-state index contributed by atoms with van der Waals surface area (Å²) >= 11 is 0. The Hall–Kier alpha value is -0.930. The van der Waals surface area contributed by atoms with Crippen LogP contribution in [0.3, 0.4) is 0 Å². The van der Waals surface area contributed by atoms with Crippen LogP contribution in [-0.4, -0.2) is 29.0 Å². The number of likely N-dealkylation sites (tertiary alicyclic amines) is 1. The molecule has 0 aliphatic carbocycles. The Kier molecular flexibility index (Phi) is 5.17. The van der Waals surface area contributed by atoms with Gasteiger partial charge in [0.15, 0.2) is 0 Å². The number of nitrogens with zero attached hydrogens (tertiary/aromatic N) is 2. The molecule has 0 saturated carbocycles. The molecular formula is C17H29N3. The van der Waals surface area contributed by atoms with Crippen molar-refractivity contribution in [2.75, 3.05) is 13.1 Å². The highest BCUT2D eigenvalue weighted by atomic mass is 15.2. The Morgan fingerprint density at radius 2 is 2.10 bits per heavy atom. The molecule has 1 aliphatic heterocycles. The van der Waals surface area contributed by atoms with Crippen LogP contribution in [0.15, 0.2) is 24.4 Å². The first-order chi connectivity index (χ1) is 9.53. The largest absolute Gasteiger partial charge is 0.326 e. The molecule has 1 aromatic heterocycles. The lowest BCUT2D eigenvalue weighted by molar-refractivity contribution is 0.165. The normalized spacial score (nSPS) is 23.0. The first kappa shape index (κ1) is 15.5. The van der Waals surface area contributed by atoms with E-state index in [-0.39, 0.29) is 12.1 Å². The van der Waals surface area contributed by atoms with Crippen LogP contribution in [0.1, 0.15) is 58.2 Å². The number of nitrogens with two attached hydrogens (primary N) is 1. The van der Waals surface area contributed by atoms with Crippen molar-refractivity contribution in [1.82, 2.24) is 9.88 Å². The Balaban J connectivity index is 2.19. The number of aromatic nitrogens is 1. The van der Waals surface area contributed by atoms with Gasteiger partial charge in [-0.3, -0.25) is 9.88 Å². The van der Waals surface area contributed by atoms with Crippen LogP contribution in [0.2, 0.25) is 0 Å². The number of rotatable bonds is 4. The maximum Gasteiger partial charge on any atom is 0.0673 e. The minimum Gasteiger partial charge on any atom is -0.326 e. The highest BCUT2D eigenvalue weighted by Crippen LogP contribution is 2.33. The zero-order valence-corrected chi connectivity index (χ0v) is 13.2. The fourth-order valence-electron chi connectivity index (χ4n) is 3.17. The summed E-state index contributed by atoms with van der Waals surface area (Å²) in [7, 11) is 0. The van der Waals surface area contributed by atoms with Crippen molar-refractivity contribution in [3.63, 3.8) is 0 Å². The minimum atomic E-state index is 0.158. The van der Waals surface area contributed by atoms with Gasteiger partial charge in [-0.1, -0.05) is 26.8 Å². The van der Waals surface area contributed by atoms with E-state index in [4.69, 9.17) is 5.73 Å². The molecule has 2 rings (SSSR count). The van der Waals surface area contributed by atoms with Crippen molar-refractivity contribution in [1.29, 1.82) is 0 Å². The Morgan fingerprint density at radius 1 is 1.30 bits per heavy atom. The van der Waals surface area contributed by atoms with E-state index in [2.05, 4.69) is 42.8 Å². The van der Waals surface area contributed by atoms with Crippen molar-refractivity contribution < 1.29 is 0 Å². The summed E-state index contributed by atoms with van der Waals surface area (Å²) in [6, 6.07) is 6.58. The van der Waals surface area contributed by atoms with Gasteiger partial charge >= 0.3 is 0 Å². The Bertz CT molecular complexity index is 402. The molecule has 1 aromatic rings. The quantitative estimate of drug-likeness (QED) is 0.916. The van der Waals surface area contributed by atoms with E-state index in [1.54, 1.807) is 0 Å². The highest BCUT2D eigenvalue weighted by molar-refractivity contribution is 5.11. The molecule has 3 heteroatoms. The second-order valence-electron chi connectivity index (χ2n) is 6.83. The average Bonchev–Trinajstić information content (AvgIpc) is 2.62. The van der Waals surface area contributed by atoms with Gasteiger partial charge in [0, 0.05) is 12.2 Å². The first-order valence-corrected chi connectivity index (χ1v) is 7.94. The monoisotopic (exact) mass is 275 g/mol. The van der Waals surface area contributed by atoms with Crippen molar-refractivity contribution in [3.8, 4) is 0 Å². The summed E-state index contributed by atoms with van der Waals surface area (Å²) in [4.78, 5) is 7.13. The van der Waals surface area contributed by atoms with Crippen molar-refractivity contribution in [2.45, 2.75) is 58.5 Å². The van der Waals surface area contributed by atoms with Gasteiger partial charge < -0.3 is 5.73 Å². The van der Waals surface area contributed by atoms with E-state index < -0.39 is 0 Å². The van der Waals surface area contributed by atoms with Crippen LogP contribution in [0.25, 0.3) is 0 Å². The van der Waals surface area contributed by atoms with E-state index in [1.807, 2.05) is 12.3 Å². The topological polar surface area (TPSA) is 42.1 Å². The van der Waals surface area contributed by atoms with Crippen LogP contribution in [0.4, 0.5) is 0 Å². The predicted molar refractivity (Wildman–Crippen MR) is 84.4 cm³/mol. The van der Waals surface area contributed by atoms with Gasteiger partial charge in [-0.2, -0.15) is 0 Å². The summed E-state index contributed by atoms with van der Waals surface area (Å²) in [6.07, 6.45) is 6.67. The molecule has 2 heterocycles. The van der Waals surface area contributed by atoms with Gasteiger partial charge in [-0.15, -0.1) is 0 Å². The molecule has 1 fully saturated rings. The molecule has 1 saturated heterocycles. The Morgan fingerprint density at radius 3 is 2.75 bits per heavy atom. The molecule has 2 N–H and O–H groups in total. The lowest BCUT2D eigenvalue weighted by Gasteiger charge is -2.34. The van der Waals surface area contributed by atoms with Gasteiger partial charge in [0.05, 0.1) is 11.7 Å². The maximum absolute atomic E-state index is 6.42. The van der Waals surface area contributed by atoms with Crippen LogP contribution in [0.5, 0.6) is 0 Å². The molecular weight excluding hydrogens is 246 g/mol. The van der Waals surface area contributed by atoms with Crippen LogP contribution >= 0.6 is 0 Å². The maximum atomic E-state index is 6.42. The van der Waals surface area contributed by atoms with Crippen LogP contribution < -0.4 is 5.73 Å². The van der Waals surface area contributed by atoms with Crippen molar-refractivity contribution in [2.24, 2.45) is 11.1 Å². The fourth-order valence-corrected chi connectivity index (χ4v) is 3.17. The van der Waals surface area contributed by atoms with Gasteiger partial charge in [0.2, 0.25) is 0 Å². The average molecular weight is 275 g/mol. The van der Waals surface area contributed by atoms with Gasteiger partial charge in [-0.25, -0.2) is 0 Å². The minimum absolute atomic E-state index is 0.158. The number of hydrogen-bond donors (Lipinski definition) is 1. The van der Waals surface area contributed by atoms with Crippen LogP contribution in [0, 0.1) is 5.41 Å². The highest BCUT2D eigenvalue weighted by Gasteiger charge is 2.30. The van der Waals surface area contributed by atoms with Crippen LogP contribution in [-0.2, 0) is 0 Å². The fraction of sp³-hybridized carbons (Fsp3) is 0.706. The lowest BCUT2D eigenvalue weighted by atomic mass is 9.85. The summed E-state index contributed by atoms with van der Waals surface area (Å²) < 4.78 is 0. The summed E-state index contributed by atoms with van der Waals surface area (Å²) in [5, 5.41) is 0. The number of pyridine rings is 1. The van der Waals surface area contributed by atoms with Gasteiger partial charge in [-0.05, 0) is 56.3 Å². The second kappa shape index (κ2) is 6.68. The van der Waals surface area contributed by atoms with E-state index in [9.17, 15) is 0 Å². The third-order valence-electron chi connectivity index (χ3n) is 4.64. The Labute approximate surface area is 123 Å². The van der Waals surface area contributed by atoms with Gasteiger partial charge in [0.25, 0.3) is 0 Å². The third-order valence-corrected chi connectivity index (χ3v) is 4.64. The molecule has 2 atom stereocenters. The predicted octanol–water partition coefficient (Wildman–Crippen LogP) is 3.37. The summed E-state index contributed by atoms with van der Waals surface area (Å²) in [5.41, 5.74) is 8.00. The van der Waals surface area contributed by atoms with Crippen molar-refractivity contribution >= 4 is 0 Å². The first-order valence-electron chi connectivity index (χ1n) is 7.94. The molecule has 0 aromatic carbocycles. The molecule has 0 spiro atoms. The summed E-state index contributed by atoms with van der Waals surface area (Å²) in [6.45, 7) is 9.20. The molecule has 0 bridgehead atoms. The lowest BCUT2D eigenvalue weighted by Crippen LogP contribution is -2.42. The molecule has 112 valence electrons. The van der Waals surface area contributed by atoms with E-state index in [1.165, 1.54) is 19.3 Å².